The first-order valence-corrected chi connectivity index (χ1v) is 11.1. The number of rotatable bonds is 4. The van der Waals surface area contributed by atoms with Crippen molar-refractivity contribution >= 4 is 21.6 Å². The number of amides is 1. The summed E-state index contributed by atoms with van der Waals surface area (Å²) < 4.78 is 33.9. The molecule has 1 aromatic carbocycles. The lowest BCUT2D eigenvalue weighted by atomic mass is 9.90. The van der Waals surface area contributed by atoms with Gasteiger partial charge in [-0.05, 0) is 48.9 Å². The predicted molar refractivity (Wildman–Crippen MR) is 106 cm³/mol. The molecule has 0 saturated carbocycles. The molecular weight excluding hydrogens is 378 g/mol. The van der Waals surface area contributed by atoms with Crippen LogP contribution in [0, 0.1) is 0 Å². The molecule has 7 nitrogen and oxygen atoms in total. The maximum Gasteiger partial charge on any atom is 0.272 e. The number of carbonyl (C=O) groups is 1. The molecule has 0 spiro atoms. The Balaban J connectivity index is 1.58. The van der Waals surface area contributed by atoms with Gasteiger partial charge in [-0.25, -0.2) is 8.42 Å². The van der Waals surface area contributed by atoms with Crippen LogP contribution in [0.15, 0.2) is 35.4 Å². The summed E-state index contributed by atoms with van der Waals surface area (Å²) in [5.41, 5.74) is 3.62. The summed E-state index contributed by atoms with van der Waals surface area (Å²) in [6.07, 6.45) is 5.78. The van der Waals surface area contributed by atoms with Crippen molar-refractivity contribution in [1.29, 1.82) is 0 Å². The highest BCUT2D eigenvalue weighted by Crippen LogP contribution is 2.28. The highest BCUT2D eigenvalue weighted by Gasteiger charge is 2.29. The minimum Gasteiger partial charge on any atom is -0.379 e. The van der Waals surface area contributed by atoms with Crippen LogP contribution in [0.1, 0.15) is 34.5 Å². The molecule has 8 heteroatoms. The average molecular weight is 404 g/mol. The molecule has 1 aliphatic carbocycles. The fraction of sp³-hybridized carbons (Fsp3) is 0.450. The Morgan fingerprint density at radius 1 is 1.14 bits per heavy atom. The Bertz CT molecular complexity index is 991. The van der Waals surface area contributed by atoms with Crippen molar-refractivity contribution in [2.75, 3.05) is 31.6 Å². The fourth-order valence-corrected chi connectivity index (χ4v) is 5.40. The third kappa shape index (κ3) is 3.59. The molecule has 1 fully saturated rings. The molecule has 0 radical (unpaired) electrons. The number of benzene rings is 1. The number of sulfonamides is 1. The highest BCUT2D eigenvalue weighted by molar-refractivity contribution is 7.89. The van der Waals surface area contributed by atoms with Gasteiger partial charge < -0.3 is 14.6 Å². The number of nitrogens with one attached hydrogen (secondary N) is 1. The summed E-state index contributed by atoms with van der Waals surface area (Å²) in [7, 11) is -1.94. The fourth-order valence-electron chi connectivity index (χ4n) is 3.92. The van der Waals surface area contributed by atoms with Crippen LogP contribution in [0.2, 0.25) is 0 Å². The summed E-state index contributed by atoms with van der Waals surface area (Å²) in [5.74, 6) is -0.301. The number of hydrogen-bond donors (Lipinski definition) is 1. The van der Waals surface area contributed by atoms with Crippen LogP contribution in [0.3, 0.4) is 0 Å². The van der Waals surface area contributed by atoms with Crippen molar-refractivity contribution < 1.29 is 17.9 Å². The van der Waals surface area contributed by atoms with Crippen LogP contribution in [0.4, 0.5) is 5.69 Å². The van der Waals surface area contributed by atoms with Gasteiger partial charge in [0.25, 0.3) is 5.91 Å². The van der Waals surface area contributed by atoms with E-state index in [0.717, 1.165) is 24.9 Å². The van der Waals surface area contributed by atoms with E-state index in [4.69, 9.17) is 4.74 Å². The van der Waals surface area contributed by atoms with Gasteiger partial charge >= 0.3 is 0 Å². The maximum atomic E-state index is 12.9. The van der Waals surface area contributed by atoms with Gasteiger partial charge in [0.2, 0.25) is 10.0 Å². The molecule has 1 aromatic heterocycles. The molecule has 0 atom stereocenters. The zero-order chi connectivity index (χ0) is 19.7. The zero-order valence-electron chi connectivity index (χ0n) is 16.0. The van der Waals surface area contributed by atoms with Gasteiger partial charge in [0.15, 0.2) is 0 Å². The van der Waals surface area contributed by atoms with Gasteiger partial charge in [-0.15, -0.1) is 0 Å². The van der Waals surface area contributed by atoms with E-state index in [-0.39, 0.29) is 10.8 Å². The standard InChI is InChI=1S/C20H25N3O4S/c1-22-14-16(28(25,26)23-9-11-27-12-10-23)13-19(22)20(24)21-18-8-4-6-15-5-2-3-7-17(15)18/h4,6,8,13-14H,2-3,5,7,9-12H2,1H3,(H,21,24). The third-order valence-corrected chi connectivity index (χ3v) is 7.33. The van der Waals surface area contributed by atoms with Crippen molar-refractivity contribution in [3.8, 4) is 0 Å². The van der Waals surface area contributed by atoms with Gasteiger partial charge in [-0.1, -0.05) is 12.1 Å². The van der Waals surface area contributed by atoms with Gasteiger partial charge in [0.1, 0.15) is 10.6 Å². The first-order chi connectivity index (χ1) is 13.5. The molecule has 0 unspecified atom stereocenters. The molecule has 2 aliphatic rings. The van der Waals surface area contributed by atoms with Crippen molar-refractivity contribution in [3.63, 3.8) is 0 Å². The molecule has 2 aromatic rings. The molecule has 1 amide bonds. The molecule has 150 valence electrons. The minimum atomic E-state index is -3.63. The molecule has 1 saturated heterocycles. The number of aromatic nitrogens is 1. The number of morpholine rings is 1. The first-order valence-electron chi connectivity index (χ1n) is 9.63. The van der Waals surface area contributed by atoms with Gasteiger partial charge in [-0.3, -0.25) is 4.79 Å². The Morgan fingerprint density at radius 2 is 1.89 bits per heavy atom. The Hall–Kier alpha value is -2.16. The Labute approximate surface area is 165 Å². The smallest absolute Gasteiger partial charge is 0.272 e. The zero-order valence-corrected chi connectivity index (χ0v) is 16.8. The van der Waals surface area contributed by atoms with Crippen molar-refractivity contribution in [2.24, 2.45) is 7.05 Å². The van der Waals surface area contributed by atoms with Crippen LogP contribution in [-0.4, -0.2) is 49.5 Å². The molecule has 2 heterocycles. The van der Waals surface area contributed by atoms with Crippen LogP contribution < -0.4 is 5.32 Å². The second-order valence-corrected chi connectivity index (χ2v) is 9.23. The van der Waals surface area contributed by atoms with E-state index in [1.54, 1.807) is 11.6 Å². The first kappa shape index (κ1) is 19.2. The second kappa shape index (κ2) is 7.69. The van der Waals surface area contributed by atoms with Crippen LogP contribution in [-0.2, 0) is 34.6 Å². The maximum absolute atomic E-state index is 12.9. The van der Waals surface area contributed by atoms with Crippen LogP contribution in [0.5, 0.6) is 0 Å². The number of nitrogens with zero attached hydrogens (tertiary/aromatic N) is 2. The molecule has 4 rings (SSSR count). The monoisotopic (exact) mass is 403 g/mol. The summed E-state index contributed by atoms with van der Waals surface area (Å²) in [6.45, 7) is 1.43. The second-order valence-electron chi connectivity index (χ2n) is 7.29. The lowest BCUT2D eigenvalue weighted by Crippen LogP contribution is -2.40. The quantitative estimate of drug-likeness (QED) is 0.849. The lowest BCUT2D eigenvalue weighted by Gasteiger charge is -2.25. The summed E-state index contributed by atoms with van der Waals surface area (Å²) in [4.78, 5) is 13.0. The van der Waals surface area contributed by atoms with E-state index < -0.39 is 10.0 Å². The third-order valence-electron chi connectivity index (χ3n) is 5.46. The summed E-state index contributed by atoms with van der Waals surface area (Å²) in [5, 5.41) is 2.98. The number of hydrogen-bond acceptors (Lipinski definition) is 4. The van der Waals surface area contributed by atoms with Crippen LogP contribution in [0.25, 0.3) is 0 Å². The predicted octanol–water partition coefficient (Wildman–Crippen LogP) is 2.18. The van der Waals surface area contributed by atoms with Gasteiger partial charge in [0, 0.05) is 32.0 Å². The van der Waals surface area contributed by atoms with Crippen molar-refractivity contribution in [2.45, 2.75) is 30.6 Å². The largest absolute Gasteiger partial charge is 0.379 e. The number of anilines is 1. The topological polar surface area (TPSA) is 80.6 Å². The van der Waals surface area contributed by atoms with E-state index in [2.05, 4.69) is 11.4 Å². The van der Waals surface area contributed by atoms with E-state index in [9.17, 15) is 13.2 Å². The number of ether oxygens (including phenoxy) is 1. The Kier molecular flexibility index (Phi) is 5.27. The van der Waals surface area contributed by atoms with Gasteiger partial charge in [0.05, 0.1) is 13.2 Å². The lowest BCUT2D eigenvalue weighted by molar-refractivity contribution is 0.0730. The molecule has 28 heavy (non-hydrogen) atoms. The van der Waals surface area contributed by atoms with E-state index in [1.165, 1.54) is 34.1 Å². The van der Waals surface area contributed by atoms with Crippen molar-refractivity contribution in [3.05, 3.63) is 47.3 Å². The number of carbonyl (C=O) groups excluding carboxylic acids is 1. The summed E-state index contributed by atoms with van der Waals surface area (Å²) in [6, 6.07) is 7.44. The van der Waals surface area contributed by atoms with Gasteiger partial charge in [-0.2, -0.15) is 4.31 Å². The number of aryl methyl sites for hydroxylation is 2. The number of fused-ring (bicyclic) bond motifs is 1. The molecule has 0 bridgehead atoms. The average Bonchev–Trinajstić information content (AvgIpc) is 3.11. The SMILES string of the molecule is Cn1cc(S(=O)(=O)N2CCOCC2)cc1C(=O)Nc1cccc2c1CCCC2. The molecular formula is C20H25N3O4S. The molecule has 1 N–H and O–H groups in total. The van der Waals surface area contributed by atoms with Crippen molar-refractivity contribution in [1.82, 2.24) is 8.87 Å². The molecule has 1 aliphatic heterocycles. The van der Waals surface area contributed by atoms with E-state index >= 15 is 0 Å². The minimum absolute atomic E-state index is 0.136. The van der Waals surface area contributed by atoms with E-state index in [1.807, 2.05) is 12.1 Å². The normalized spacial score (nSPS) is 17.9. The van der Waals surface area contributed by atoms with E-state index in [0.29, 0.717) is 32.0 Å². The highest BCUT2D eigenvalue weighted by atomic mass is 32.2. The Morgan fingerprint density at radius 3 is 2.68 bits per heavy atom. The van der Waals surface area contributed by atoms with Crippen LogP contribution >= 0.6 is 0 Å². The summed E-state index contributed by atoms with van der Waals surface area (Å²) >= 11 is 0.